The summed E-state index contributed by atoms with van der Waals surface area (Å²) >= 11 is 0. The van der Waals surface area contributed by atoms with Crippen LogP contribution < -0.4 is 4.74 Å². The van der Waals surface area contributed by atoms with Gasteiger partial charge >= 0.3 is 0 Å². The molecule has 2 aromatic carbocycles. The Labute approximate surface area is 218 Å². The van der Waals surface area contributed by atoms with E-state index in [4.69, 9.17) is 4.74 Å². The van der Waals surface area contributed by atoms with Crippen molar-refractivity contribution in [1.82, 2.24) is 24.6 Å². The van der Waals surface area contributed by atoms with Gasteiger partial charge in [0.25, 0.3) is 5.91 Å². The van der Waals surface area contributed by atoms with Crippen LogP contribution >= 0.6 is 0 Å². The lowest BCUT2D eigenvalue weighted by molar-refractivity contribution is -0.134. The van der Waals surface area contributed by atoms with Crippen molar-refractivity contribution in [3.8, 4) is 5.75 Å². The van der Waals surface area contributed by atoms with Gasteiger partial charge in [-0.15, -0.1) is 0 Å². The van der Waals surface area contributed by atoms with Gasteiger partial charge in [-0.25, -0.2) is 0 Å². The summed E-state index contributed by atoms with van der Waals surface area (Å²) in [6.07, 6.45) is 4.32. The quantitative estimate of drug-likeness (QED) is 0.512. The normalized spacial score (nSPS) is 17.3. The van der Waals surface area contributed by atoms with Crippen molar-refractivity contribution < 1.29 is 14.3 Å². The first-order valence-electron chi connectivity index (χ1n) is 13.3. The summed E-state index contributed by atoms with van der Waals surface area (Å²) in [5.41, 5.74) is 3.23. The van der Waals surface area contributed by atoms with Crippen LogP contribution in [0, 0.1) is 0 Å². The molecule has 0 unspecified atom stereocenters. The van der Waals surface area contributed by atoms with Crippen LogP contribution in [-0.2, 0) is 11.2 Å². The van der Waals surface area contributed by atoms with Gasteiger partial charge in [-0.1, -0.05) is 24.3 Å². The van der Waals surface area contributed by atoms with Crippen molar-refractivity contribution in [2.24, 2.45) is 0 Å². The molecule has 2 aliphatic rings. The number of piperazine rings is 2. The van der Waals surface area contributed by atoms with E-state index in [1.54, 1.807) is 13.2 Å². The van der Waals surface area contributed by atoms with Crippen molar-refractivity contribution >= 4 is 22.7 Å². The third-order valence-corrected chi connectivity index (χ3v) is 7.66. The standard InChI is InChI=1S/C29H37N5O3/c1-37-25-8-4-6-23(20-25)29(36)34-18-14-32(15-19-34)22-28(35)33-16-12-31(13-17-33)11-5-7-24-21-30-27-10-3-2-9-26(24)27/h2-4,6,8-10,20-21,30H,5,7,11-19,22H2,1H3. The monoisotopic (exact) mass is 503 g/mol. The van der Waals surface area contributed by atoms with E-state index in [1.165, 1.54) is 16.5 Å². The molecule has 3 heterocycles. The molecular weight excluding hydrogens is 466 g/mol. The summed E-state index contributed by atoms with van der Waals surface area (Å²) in [6, 6.07) is 15.7. The molecule has 0 aliphatic carbocycles. The molecule has 196 valence electrons. The van der Waals surface area contributed by atoms with Crippen molar-refractivity contribution in [2.45, 2.75) is 12.8 Å². The fourth-order valence-electron chi connectivity index (χ4n) is 5.39. The number of carbonyl (C=O) groups excluding carboxylic acids is 2. The fraction of sp³-hybridized carbons (Fsp3) is 0.448. The van der Waals surface area contributed by atoms with Gasteiger partial charge in [-0.05, 0) is 49.2 Å². The van der Waals surface area contributed by atoms with Gasteiger partial charge in [0.1, 0.15) is 5.75 Å². The van der Waals surface area contributed by atoms with E-state index in [0.717, 1.165) is 58.7 Å². The fourth-order valence-corrected chi connectivity index (χ4v) is 5.39. The highest BCUT2D eigenvalue weighted by Crippen LogP contribution is 2.19. The molecule has 0 bridgehead atoms. The van der Waals surface area contributed by atoms with Crippen molar-refractivity contribution in [2.75, 3.05) is 72.6 Å². The molecule has 5 rings (SSSR count). The first kappa shape index (κ1) is 25.3. The zero-order chi connectivity index (χ0) is 25.6. The Morgan fingerprint density at radius 2 is 1.59 bits per heavy atom. The largest absolute Gasteiger partial charge is 0.497 e. The molecule has 2 aliphatic heterocycles. The summed E-state index contributed by atoms with van der Waals surface area (Å²) in [6.45, 7) is 7.64. The maximum Gasteiger partial charge on any atom is 0.254 e. The predicted molar refractivity (Wildman–Crippen MR) is 145 cm³/mol. The number of carbonyl (C=O) groups is 2. The van der Waals surface area contributed by atoms with Crippen molar-refractivity contribution in [3.63, 3.8) is 0 Å². The van der Waals surface area contributed by atoms with Gasteiger partial charge in [0.05, 0.1) is 13.7 Å². The number of nitrogens with zero attached hydrogens (tertiary/aromatic N) is 4. The molecule has 8 heteroatoms. The van der Waals surface area contributed by atoms with Crippen LogP contribution in [0.3, 0.4) is 0 Å². The molecule has 3 aromatic rings. The highest BCUT2D eigenvalue weighted by Gasteiger charge is 2.26. The Morgan fingerprint density at radius 3 is 2.38 bits per heavy atom. The number of fused-ring (bicyclic) bond motifs is 1. The number of aromatic nitrogens is 1. The average Bonchev–Trinajstić information content (AvgIpc) is 3.36. The summed E-state index contributed by atoms with van der Waals surface area (Å²) < 4.78 is 5.24. The smallest absolute Gasteiger partial charge is 0.254 e. The SMILES string of the molecule is COc1cccc(C(=O)N2CCN(CC(=O)N3CCN(CCCc4c[nH]c5ccccc45)CC3)CC2)c1. The highest BCUT2D eigenvalue weighted by molar-refractivity contribution is 5.94. The van der Waals surface area contributed by atoms with Gasteiger partial charge in [-0.2, -0.15) is 0 Å². The number of benzene rings is 2. The lowest BCUT2D eigenvalue weighted by Gasteiger charge is -2.38. The van der Waals surface area contributed by atoms with Gasteiger partial charge in [0.15, 0.2) is 0 Å². The van der Waals surface area contributed by atoms with Gasteiger partial charge < -0.3 is 19.5 Å². The Balaban J connectivity index is 1.01. The maximum absolute atomic E-state index is 12.9. The van der Waals surface area contributed by atoms with Crippen LogP contribution in [0.2, 0.25) is 0 Å². The first-order valence-corrected chi connectivity index (χ1v) is 13.3. The van der Waals surface area contributed by atoms with Crippen LogP contribution in [0.4, 0.5) is 0 Å². The van der Waals surface area contributed by atoms with E-state index >= 15 is 0 Å². The van der Waals surface area contributed by atoms with Crippen LogP contribution in [-0.4, -0.2) is 109 Å². The van der Waals surface area contributed by atoms with E-state index in [-0.39, 0.29) is 11.8 Å². The molecule has 0 radical (unpaired) electrons. The Kier molecular flexibility index (Phi) is 8.06. The zero-order valence-corrected chi connectivity index (χ0v) is 21.7. The summed E-state index contributed by atoms with van der Waals surface area (Å²) in [5.74, 6) is 0.904. The first-order chi connectivity index (χ1) is 18.1. The molecule has 1 N–H and O–H groups in total. The molecule has 0 saturated carbocycles. The van der Waals surface area contributed by atoms with Gasteiger partial charge in [0.2, 0.25) is 5.91 Å². The average molecular weight is 504 g/mol. The number of methoxy groups -OCH3 is 1. The predicted octanol–water partition coefficient (Wildman–Crippen LogP) is 2.71. The molecule has 37 heavy (non-hydrogen) atoms. The number of aryl methyl sites for hydroxylation is 1. The second-order valence-corrected chi connectivity index (χ2v) is 9.99. The van der Waals surface area contributed by atoms with Gasteiger partial charge in [-0.3, -0.25) is 19.4 Å². The third-order valence-electron chi connectivity index (χ3n) is 7.66. The highest BCUT2D eigenvalue weighted by atomic mass is 16.5. The molecule has 2 fully saturated rings. The molecule has 0 atom stereocenters. The van der Waals surface area contributed by atoms with Crippen LogP contribution in [0.5, 0.6) is 5.75 Å². The Hall–Kier alpha value is -3.36. The molecule has 8 nitrogen and oxygen atoms in total. The van der Waals surface area contributed by atoms with Crippen molar-refractivity contribution in [1.29, 1.82) is 0 Å². The summed E-state index contributed by atoms with van der Waals surface area (Å²) in [7, 11) is 1.60. The van der Waals surface area contributed by atoms with Crippen LogP contribution in [0.1, 0.15) is 22.3 Å². The third kappa shape index (κ3) is 6.14. The maximum atomic E-state index is 12.9. The van der Waals surface area contributed by atoms with Gasteiger partial charge in [0, 0.05) is 75.0 Å². The lowest BCUT2D eigenvalue weighted by Crippen LogP contribution is -2.54. The number of hydrogen-bond donors (Lipinski definition) is 1. The minimum absolute atomic E-state index is 0.0192. The number of H-pyrrole nitrogens is 1. The van der Waals surface area contributed by atoms with Crippen LogP contribution in [0.25, 0.3) is 10.9 Å². The molecule has 2 saturated heterocycles. The lowest BCUT2D eigenvalue weighted by atomic mass is 10.1. The molecule has 2 amide bonds. The topological polar surface area (TPSA) is 72.1 Å². The van der Waals surface area contributed by atoms with Crippen molar-refractivity contribution in [3.05, 3.63) is 65.9 Å². The van der Waals surface area contributed by atoms with E-state index in [1.807, 2.05) is 28.0 Å². The Bertz CT molecular complexity index is 1210. The van der Waals surface area contributed by atoms with Crippen LogP contribution in [0.15, 0.2) is 54.7 Å². The minimum atomic E-state index is 0.0192. The Morgan fingerprint density at radius 1 is 0.865 bits per heavy atom. The number of nitrogens with one attached hydrogen (secondary N) is 1. The number of ether oxygens (including phenoxy) is 1. The van der Waals surface area contributed by atoms with E-state index < -0.39 is 0 Å². The van der Waals surface area contributed by atoms with E-state index in [9.17, 15) is 9.59 Å². The molecule has 1 aromatic heterocycles. The number of para-hydroxylation sites is 1. The second kappa shape index (κ2) is 11.8. The number of rotatable bonds is 8. The minimum Gasteiger partial charge on any atom is -0.497 e. The summed E-state index contributed by atoms with van der Waals surface area (Å²) in [4.78, 5) is 37.7. The molecule has 0 spiro atoms. The number of aromatic amines is 1. The second-order valence-electron chi connectivity index (χ2n) is 9.99. The zero-order valence-electron chi connectivity index (χ0n) is 21.7. The number of amides is 2. The van der Waals surface area contributed by atoms with E-state index in [2.05, 4.69) is 45.2 Å². The number of hydrogen-bond acceptors (Lipinski definition) is 5. The molecular formula is C29H37N5O3. The summed E-state index contributed by atoms with van der Waals surface area (Å²) in [5, 5.41) is 1.32. The van der Waals surface area contributed by atoms with E-state index in [0.29, 0.717) is 30.9 Å².